The fraction of sp³-hybridized carbons (Fsp3) is 0.158. The Morgan fingerprint density at radius 1 is 1.12 bits per heavy atom. The minimum atomic E-state index is -0.668. The van der Waals surface area contributed by atoms with Crippen LogP contribution in [0.15, 0.2) is 57.7 Å². The van der Waals surface area contributed by atoms with Gasteiger partial charge in [-0.25, -0.2) is 4.79 Å². The van der Waals surface area contributed by atoms with Gasteiger partial charge in [-0.05, 0) is 24.6 Å². The van der Waals surface area contributed by atoms with Gasteiger partial charge in [-0.3, -0.25) is 4.79 Å². The first kappa shape index (κ1) is 15.8. The van der Waals surface area contributed by atoms with E-state index in [1.54, 1.807) is 49.4 Å². The molecule has 5 nitrogen and oxygen atoms in total. The zero-order chi connectivity index (χ0) is 17.1. The molecular formula is C19H16O5. The first-order valence-corrected chi connectivity index (χ1v) is 7.53. The van der Waals surface area contributed by atoms with Gasteiger partial charge in [0.25, 0.3) is 0 Å². The minimum Gasteiger partial charge on any atom is -0.497 e. The van der Waals surface area contributed by atoms with E-state index in [-0.39, 0.29) is 28.9 Å². The molecule has 0 radical (unpaired) electrons. The van der Waals surface area contributed by atoms with Crippen molar-refractivity contribution in [3.8, 4) is 16.9 Å². The van der Waals surface area contributed by atoms with Gasteiger partial charge >= 0.3 is 5.97 Å². The fourth-order valence-corrected chi connectivity index (χ4v) is 2.51. The number of hydrogen-bond acceptors (Lipinski definition) is 5. The maximum Gasteiger partial charge on any atom is 0.375 e. The van der Waals surface area contributed by atoms with Crippen molar-refractivity contribution in [2.45, 2.75) is 6.92 Å². The molecule has 0 amide bonds. The third-order valence-corrected chi connectivity index (χ3v) is 3.62. The molecule has 0 unspecified atom stereocenters. The monoisotopic (exact) mass is 324 g/mol. The molecule has 122 valence electrons. The van der Waals surface area contributed by atoms with Crippen molar-refractivity contribution in [1.82, 2.24) is 0 Å². The van der Waals surface area contributed by atoms with Crippen molar-refractivity contribution in [3.63, 3.8) is 0 Å². The second kappa shape index (κ2) is 6.58. The van der Waals surface area contributed by atoms with Crippen LogP contribution in [0.3, 0.4) is 0 Å². The Morgan fingerprint density at radius 3 is 2.54 bits per heavy atom. The molecule has 0 saturated carbocycles. The van der Waals surface area contributed by atoms with Crippen LogP contribution in [0.5, 0.6) is 5.75 Å². The quantitative estimate of drug-likeness (QED) is 0.685. The van der Waals surface area contributed by atoms with Crippen LogP contribution in [0.4, 0.5) is 0 Å². The lowest BCUT2D eigenvalue weighted by atomic mass is 10.0. The number of ether oxygens (including phenoxy) is 2. The summed E-state index contributed by atoms with van der Waals surface area (Å²) < 4.78 is 15.9. The lowest BCUT2D eigenvalue weighted by molar-refractivity contribution is 0.0492. The predicted octanol–water partition coefficient (Wildman–Crippen LogP) is 3.65. The molecule has 5 heteroatoms. The molecule has 0 aliphatic heterocycles. The first-order valence-electron chi connectivity index (χ1n) is 7.53. The number of rotatable bonds is 4. The Bertz CT molecular complexity index is 941. The predicted molar refractivity (Wildman–Crippen MR) is 90.4 cm³/mol. The SMILES string of the molecule is CCOC(=O)c1oc2cc(OC)ccc2c(=O)c1-c1ccccc1. The van der Waals surface area contributed by atoms with E-state index < -0.39 is 5.97 Å². The highest BCUT2D eigenvalue weighted by Gasteiger charge is 2.23. The molecule has 0 spiro atoms. The van der Waals surface area contributed by atoms with Gasteiger partial charge < -0.3 is 13.9 Å². The zero-order valence-electron chi connectivity index (χ0n) is 13.4. The zero-order valence-corrected chi connectivity index (χ0v) is 13.4. The van der Waals surface area contributed by atoms with E-state index >= 15 is 0 Å². The highest BCUT2D eigenvalue weighted by atomic mass is 16.5. The largest absolute Gasteiger partial charge is 0.497 e. The smallest absolute Gasteiger partial charge is 0.375 e. The van der Waals surface area contributed by atoms with Crippen molar-refractivity contribution in [3.05, 3.63) is 64.5 Å². The molecule has 0 aliphatic carbocycles. The lowest BCUT2D eigenvalue weighted by Crippen LogP contribution is -2.15. The third kappa shape index (κ3) is 2.76. The van der Waals surface area contributed by atoms with Gasteiger partial charge in [-0.15, -0.1) is 0 Å². The van der Waals surface area contributed by atoms with E-state index in [4.69, 9.17) is 13.9 Å². The summed E-state index contributed by atoms with van der Waals surface area (Å²) in [5.74, 6) is -0.236. The molecule has 0 atom stereocenters. The Balaban J connectivity index is 2.35. The van der Waals surface area contributed by atoms with Crippen molar-refractivity contribution in [2.24, 2.45) is 0 Å². The number of methoxy groups -OCH3 is 1. The lowest BCUT2D eigenvalue weighted by Gasteiger charge is -2.10. The Hall–Kier alpha value is -3.08. The fourth-order valence-electron chi connectivity index (χ4n) is 2.51. The summed E-state index contributed by atoms with van der Waals surface area (Å²) in [6, 6.07) is 13.8. The van der Waals surface area contributed by atoms with Crippen molar-refractivity contribution in [2.75, 3.05) is 13.7 Å². The van der Waals surface area contributed by atoms with Crippen LogP contribution >= 0.6 is 0 Å². The molecule has 0 fully saturated rings. The van der Waals surface area contributed by atoms with E-state index in [9.17, 15) is 9.59 Å². The molecule has 2 aromatic carbocycles. The van der Waals surface area contributed by atoms with E-state index in [0.29, 0.717) is 16.7 Å². The van der Waals surface area contributed by atoms with Crippen LogP contribution in [0.25, 0.3) is 22.1 Å². The van der Waals surface area contributed by atoms with Crippen molar-refractivity contribution >= 4 is 16.9 Å². The summed E-state index contributed by atoms with van der Waals surface area (Å²) in [4.78, 5) is 25.3. The second-order valence-corrected chi connectivity index (χ2v) is 5.08. The van der Waals surface area contributed by atoms with E-state index in [0.717, 1.165) is 0 Å². The summed E-state index contributed by atoms with van der Waals surface area (Å²) in [5.41, 5.74) is 0.800. The molecule has 1 heterocycles. The summed E-state index contributed by atoms with van der Waals surface area (Å²) in [6.45, 7) is 1.88. The van der Waals surface area contributed by atoms with Crippen LogP contribution in [-0.2, 0) is 4.74 Å². The molecular weight excluding hydrogens is 308 g/mol. The highest BCUT2D eigenvalue weighted by Crippen LogP contribution is 2.27. The summed E-state index contributed by atoms with van der Waals surface area (Å²) in [7, 11) is 1.52. The van der Waals surface area contributed by atoms with Crippen LogP contribution in [0.1, 0.15) is 17.5 Å². The summed E-state index contributed by atoms with van der Waals surface area (Å²) in [6.07, 6.45) is 0. The summed E-state index contributed by atoms with van der Waals surface area (Å²) >= 11 is 0. The number of carbonyl (C=O) groups is 1. The molecule has 0 aliphatic rings. The average Bonchev–Trinajstić information content (AvgIpc) is 2.62. The van der Waals surface area contributed by atoms with Crippen LogP contribution in [-0.4, -0.2) is 19.7 Å². The van der Waals surface area contributed by atoms with E-state index in [2.05, 4.69) is 0 Å². The number of hydrogen-bond donors (Lipinski definition) is 0. The molecule has 0 bridgehead atoms. The van der Waals surface area contributed by atoms with Crippen molar-refractivity contribution in [1.29, 1.82) is 0 Å². The standard InChI is InChI=1S/C19H16O5/c1-3-23-19(21)18-16(12-7-5-4-6-8-12)17(20)14-10-9-13(22-2)11-15(14)24-18/h4-11H,3H2,1-2H3. The van der Waals surface area contributed by atoms with Gasteiger partial charge in [-0.2, -0.15) is 0 Å². The van der Waals surface area contributed by atoms with Crippen molar-refractivity contribution < 1.29 is 18.7 Å². The summed E-state index contributed by atoms with van der Waals surface area (Å²) in [5, 5.41) is 0.378. The van der Waals surface area contributed by atoms with Gasteiger partial charge in [-0.1, -0.05) is 30.3 Å². The normalized spacial score (nSPS) is 10.6. The van der Waals surface area contributed by atoms with Crippen LogP contribution < -0.4 is 10.2 Å². The maximum atomic E-state index is 12.9. The van der Waals surface area contributed by atoms with Gasteiger partial charge in [0, 0.05) is 6.07 Å². The second-order valence-electron chi connectivity index (χ2n) is 5.08. The molecule has 3 aromatic rings. The Kier molecular flexibility index (Phi) is 4.33. The molecule has 0 N–H and O–H groups in total. The van der Waals surface area contributed by atoms with Gasteiger partial charge in [0.1, 0.15) is 11.3 Å². The van der Waals surface area contributed by atoms with E-state index in [1.807, 2.05) is 6.07 Å². The Labute approximate surface area is 138 Å². The molecule has 0 saturated heterocycles. The highest BCUT2D eigenvalue weighted by molar-refractivity contribution is 5.97. The number of fused-ring (bicyclic) bond motifs is 1. The molecule has 3 rings (SSSR count). The number of esters is 1. The van der Waals surface area contributed by atoms with Crippen LogP contribution in [0, 0.1) is 0 Å². The minimum absolute atomic E-state index is 0.103. The first-order chi connectivity index (χ1) is 11.7. The topological polar surface area (TPSA) is 65.7 Å². The molecule has 24 heavy (non-hydrogen) atoms. The van der Waals surface area contributed by atoms with Gasteiger partial charge in [0.15, 0.2) is 0 Å². The maximum absolute atomic E-state index is 12.9. The van der Waals surface area contributed by atoms with Gasteiger partial charge in [0.05, 0.1) is 24.7 Å². The van der Waals surface area contributed by atoms with Crippen LogP contribution in [0.2, 0.25) is 0 Å². The van der Waals surface area contributed by atoms with E-state index in [1.165, 1.54) is 7.11 Å². The molecule has 1 aromatic heterocycles. The third-order valence-electron chi connectivity index (χ3n) is 3.62. The number of benzene rings is 2. The average molecular weight is 324 g/mol. The Morgan fingerprint density at radius 2 is 1.88 bits per heavy atom. The van der Waals surface area contributed by atoms with Gasteiger partial charge in [0.2, 0.25) is 11.2 Å². The number of carbonyl (C=O) groups excluding carboxylic acids is 1.